The van der Waals surface area contributed by atoms with Crippen molar-refractivity contribution >= 4 is 23.0 Å². The molecule has 2 aromatic rings. The van der Waals surface area contributed by atoms with E-state index in [4.69, 9.17) is 0 Å². The number of amides is 1. The summed E-state index contributed by atoms with van der Waals surface area (Å²) in [4.78, 5) is 23.3. The Morgan fingerprint density at radius 3 is 2.42 bits per heavy atom. The van der Waals surface area contributed by atoms with Gasteiger partial charge in [-0.1, -0.05) is 18.2 Å². The molecule has 0 heterocycles. The normalized spacial score (nSPS) is 13.4. The van der Waals surface area contributed by atoms with Crippen molar-refractivity contribution in [2.45, 2.75) is 32.7 Å². The van der Waals surface area contributed by atoms with Crippen molar-refractivity contribution in [3.05, 3.63) is 63.2 Å². The number of benzene rings is 2. The van der Waals surface area contributed by atoms with Crippen LogP contribution in [0.1, 0.15) is 34.3 Å². The molecule has 0 radical (unpaired) electrons. The fourth-order valence-corrected chi connectivity index (χ4v) is 2.59. The lowest BCUT2D eigenvalue weighted by molar-refractivity contribution is -0.384. The van der Waals surface area contributed by atoms with Crippen LogP contribution in [0.3, 0.4) is 0 Å². The zero-order valence-corrected chi connectivity index (χ0v) is 13.6. The van der Waals surface area contributed by atoms with Gasteiger partial charge in [0.25, 0.3) is 11.6 Å². The molecular formula is C18H19N3O3. The Morgan fingerprint density at radius 2 is 1.83 bits per heavy atom. The monoisotopic (exact) mass is 325 g/mol. The number of carbonyl (C=O) groups is 1. The Kier molecular flexibility index (Phi) is 4.20. The number of nitro benzene ring substituents is 1. The van der Waals surface area contributed by atoms with Gasteiger partial charge in [-0.25, -0.2) is 0 Å². The van der Waals surface area contributed by atoms with Gasteiger partial charge in [-0.05, 0) is 49.9 Å². The number of rotatable bonds is 5. The molecule has 1 amide bonds. The van der Waals surface area contributed by atoms with Crippen molar-refractivity contribution in [3.63, 3.8) is 0 Å². The van der Waals surface area contributed by atoms with Gasteiger partial charge in [-0.15, -0.1) is 0 Å². The maximum atomic E-state index is 12.5. The maximum absolute atomic E-state index is 12.5. The maximum Gasteiger partial charge on any atom is 0.293 e. The number of carbonyl (C=O) groups excluding carboxylic acids is 1. The number of aryl methyl sites for hydroxylation is 2. The molecule has 24 heavy (non-hydrogen) atoms. The van der Waals surface area contributed by atoms with Crippen molar-refractivity contribution in [3.8, 4) is 0 Å². The van der Waals surface area contributed by atoms with E-state index in [-0.39, 0.29) is 17.2 Å². The highest BCUT2D eigenvalue weighted by Gasteiger charge is 2.25. The second-order valence-electron chi connectivity index (χ2n) is 6.13. The molecule has 1 saturated carbocycles. The first-order valence-corrected chi connectivity index (χ1v) is 7.88. The molecule has 1 fully saturated rings. The third-order valence-corrected chi connectivity index (χ3v) is 4.11. The number of hydrogen-bond acceptors (Lipinski definition) is 4. The average molecular weight is 325 g/mol. The fourth-order valence-electron chi connectivity index (χ4n) is 2.59. The zero-order valence-electron chi connectivity index (χ0n) is 13.6. The molecule has 0 unspecified atom stereocenters. The quantitative estimate of drug-likeness (QED) is 0.642. The molecule has 6 heteroatoms. The number of nitrogens with zero attached hydrogens (tertiary/aromatic N) is 1. The minimum absolute atomic E-state index is 0.0731. The van der Waals surface area contributed by atoms with E-state index in [9.17, 15) is 14.9 Å². The highest BCUT2D eigenvalue weighted by molar-refractivity contribution is 6.05. The van der Waals surface area contributed by atoms with E-state index in [1.54, 1.807) is 12.1 Å². The van der Waals surface area contributed by atoms with Crippen LogP contribution in [-0.4, -0.2) is 16.9 Å². The average Bonchev–Trinajstić information content (AvgIpc) is 3.35. The van der Waals surface area contributed by atoms with E-state index in [1.165, 1.54) is 6.07 Å². The van der Waals surface area contributed by atoms with Crippen LogP contribution in [0.15, 0.2) is 36.4 Å². The molecule has 0 atom stereocenters. The molecular weight excluding hydrogens is 306 g/mol. The first-order valence-electron chi connectivity index (χ1n) is 7.88. The summed E-state index contributed by atoms with van der Waals surface area (Å²) in [6, 6.07) is 10.6. The van der Waals surface area contributed by atoms with E-state index in [1.807, 2.05) is 32.0 Å². The second kappa shape index (κ2) is 6.31. The minimum atomic E-state index is -0.458. The van der Waals surface area contributed by atoms with Gasteiger partial charge in [-0.3, -0.25) is 14.9 Å². The molecule has 3 rings (SSSR count). The van der Waals surface area contributed by atoms with Crippen LogP contribution in [0.25, 0.3) is 0 Å². The lowest BCUT2D eigenvalue weighted by Gasteiger charge is -2.12. The van der Waals surface area contributed by atoms with Gasteiger partial charge in [0, 0.05) is 23.4 Å². The third-order valence-electron chi connectivity index (χ3n) is 4.11. The van der Waals surface area contributed by atoms with E-state index in [2.05, 4.69) is 10.6 Å². The molecule has 0 aliphatic heterocycles. The summed E-state index contributed by atoms with van der Waals surface area (Å²) in [5.41, 5.74) is 3.30. The molecule has 1 aliphatic carbocycles. The van der Waals surface area contributed by atoms with E-state index in [0.717, 1.165) is 29.7 Å². The van der Waals surface area contributed by atoms with Crippen LogP contribution >= 0.6 is 0 Å². The highest BCUT2D eigenvalue weighted by atomic mass is 16.6. The van der Waals surface area contributed by atoms with Gasteiger partial charge in [0.1, 0.15) is 5.69 Å². The largest absolute Gasteiger partial charge is 0.377 e. The van der Waals surface area contributed by atoms with Crippen molar-refractivity contribution < 1.29 is 9.72 Å². The van der Waals surface area contributed by atoms with Gasteiger partial charge in [0.05, 0.1) is 4.92 Å². The standard InChI is InChI=1S/C18H19N3O3/c1-11-4-3-5-12(2)17(11)20-18(22)13-6-9-15(19-14-7-8-14)16(10-13)21(23)24/h3-6,9-10,14,19H,7-8H2,1-2H3,(H,20,22). The van der Waals surface area contributed by atoms with Crippen LogP contribution < -0.4 is 10.6 Å². The van der Waals surface area contributed by atoms with E-state index < -0.39 is 4.92 Å². The number of anilines is 2. The second-order valence-corrected chi connectivity index (χ2v) is 6.13. The third kappa shape index (κ3) is 3.37. The lowest BCUT2D eigenvalue weighted by Crippen LogP contribution is -2.14. The van der Waals surface area contributed by atoms with Gasteiger partial charge >= 0.3 is 0 Å². The molecule has 6 nitrogen and oxygen atoms in total. The van der Waals surface area contributed by atoms with Gasteiger partial charge in [-0.2, -0.15) is 0 Å². The summed E-state index contributed by atoms with van der Waals surface area (Å²) in [5.74, 6) is -0.353. The number of nitro groups is 1. The molecule has 1 aliphatic rings. The number of para-hydroxylation sites is 1. The predicted octanol–water partition coefficient (Wildman–Crippen LogP) is 4.04. The smallest absolute Gasteiger partial charge is 0.293 e. The minimum Gasteiger partial charge on any atom is -0.377 e. The zero-order chi connectivity index (χ0) is 17.3. The molecule has 2 N–H and O–H groups in total. The highest BCUT2D eigenvalue weighted by Crippen LogP contribution is 2.32. The van der Waals surface area contributed by atoms with Crippen LogP contribution in [0.2, 0.25) is 0 Å². The summed E-state index contributed by atoms with van der Waals surface area (Å²) < 4.78 is 0. The lowest BCUT2D eigenvalue weighted by atomic mass is 10.1. The topological polar surface area (TPSA) is 84.3 Å². The van der Waals surface area contributed by atoms with Gasteiger partial charge in [0.15, 0.2) is 0 Å². The van der Waals surface area contributed by atoms with Crippen LogP contribution in [-0.2, 0) is 0 Å². The van der Waals surface area contributed by atoms with E-state index in [0.29, 0.717) is 11.7 Å². The summed E-state index contributed by atoms with van der Waals surface area (Å²) in [6.07, 6.45) is 2.04. The fraction of sp³-hybridized carbons (Fsp3) is 0.278. The van der Waals surface area contributed by atoms with Crippen molar-refractivity contribution in [1.82, 2.24) is 0 Å². The van der Waals surface area contributed by atoms with Crippen molar-refractivity contribution in [2.75, 3.05) is 10.6 Å². The number of hydrogen-bond donors (Lipinski definition) is 2. The SMILES string of the molecule is Cc1cccc(C)c1NC(=O)c1ccc(NC2CC2)c([N+](=O)[O-])c1. The summed E-state index contributed by atoms with van der Waals surface area (Å²) >= 11 is 0. The summed E-state index contributed by atoms with van der Waals surface area (Å²) in [5, 5.41) is 17.3. The summed E-state index contributed by atoms with van der Waals surface area (Å²) in [6.45, 7) is 3.82. The number of nitrogens with one attached hydrogen (secondary N) is 2. The molecule has 124 valence electrons. The van der Waals surface area contributed by atoms with Crippen LogP contribution in [0.5, 0.6) is 0 Å². The van der Waals surface area contributed by atoms with Crippen LogP contribution in [0, 0.1) is 24.0 Å². The predicted molar refractivity (Wildman–Crippen MR) is 93.6 cm³/mol. The van der Waals surface area contributed by atoms with Crippen molar-refractivity contribution in [1.29, 1.82) is 0 Å². The van der Waals surface area contributed by atoms with Gasteiger partial charge < -0.3 is 10.6 Å². The Hall–Kier alpha value is -2.89. The summed E-state index contributed by atoms with van der Waals surface area (Å²) in [7, 11) is 0. The van der Waals surface area contributed by atoms with Crippen molar-refractivity contribution in [2.24, 2.45) is 0 Å². The molecule has 2 aromatic carbocycles. The van der Waals surface area contributed by atoms with Gasteiger partial charge in [0.2, 0.25) is 0 Å². The Morgan fingerprint density at radius 1 is 1.17 bits per heavy atom. The Bertz CT molecular complexity index is 793. The first-order chi connectivity index (χ1) is 11.5. The van der Waals surface area contributed by atoms with E-state index >= 15 is 0 Å². The van der Waals surface area contributed by atoms with Crippen LogP contribution in [0.4, 0.5) is 17.1 Å². The molecule has 0 saturated heterocycles. The Balaban J connectivity index is 1.87. The Labute approximate surface area is 140 Å². The molecule has 0 spiro atoms. The molecule has 0 aromatic heterocycles. The molecule has 0 bridgehead atoms. The first kappa shape index (κ1) is 16.0.